The summed E-state index contributed by atoms with van der Waals surface area (Å²) in [5, 5.41) is 0. The molecule has 0 N–H and O–H groups in total. The molecule has 0 fully saturated rings. The second kappa shape index (κ2) is 4.46. The summed E-state index contributed by atoms with van der Waals surface area (Å²) in [6.07, 6.45) is 5.02. The molecule has 0 saturated heterocycles. The van der Waals surface area contributed by atoms with Crippen molar-refractivity contribution in [3.63, 3.8) is 0 Å². The Balaban J connectivity index is 2.11. The summed E-state index contributed by atoms with van der Waals surface area (Å²) in [4.78, 5) is 4.28. The first-order chi connectivity index (χ1) is 7.38. The Kier molecular flexibility index (Phi) is 2.83. The predicted octanol–water partition coefficient (Wildman–Crippen LogP) is 3.04. The molecule has 0 spiro atoms. The van der Waals surface area contributed by atoms with E-state index in [-0.39, 0.29) is 0 Å². The molecule has 2 rings (SSSR count). The van der Waals surface area contributed by atoms with Gasteiger partial charge in [0, 0.05) is 11.8 Å². The third kappa shape index (κ3) is 2.47. The summed E-state index contributed by atoms with van der Waals surface area (Å²) < 4.78 is 9.98. The molecule has 0 saturated carbocycles. The highest BCUT2D eigenvalue weighted by Crippen LogP contribution is 2.17. The second-order valence-corrected chi connectivity index (χ2v) is 3.01. The van der Waals surface area contributed by atoms with Crippen LogP contribution in [0, 0.1) is 0 Å². The smallest absolute Gasteiger partial charge is 0.119 e. The molecule has 1 aromatic heterocycles. The van der Waals surface area contributed by atoms with Crippen LogP contribution in [0.25, 0.3) is 0 Å². The molecule has 1 heterocycles. The van der Waals surface area contributed by atoms with Gasteiger partial charge in [-0.15, -0.1) is 0 Å². The van der Waals surface area contributed by atoms with E-state index in [4.69, 9.17) is 9.15 Å². The Hall–Kier alpha value is -2.03. The zero-order valence-electron chi connectivity index (χ0n) is 8.38. The number of nitrogens with zero attached hydrogens (tertiary/aromatic N) is 1. The first-order valence-electron chi connectivity index (χ1n) is 4.59. The summed E-state index contributed by atoms with van der Waals surface area (Å²) in [5.74, 6) is 0.831. The van der Waals surface area contributed by atoms with E-state index in [9.17, 15) is 0 Å². The van der Waals surface area contributed by atoms with Gasteiger partial charge in [-0.25, -0.2) is 0 Å². The standard InChI is InChI=1S/C12H11NO2/c1-14-12-4-2-11(3-5-12)13-8-10-6-7-15-9-10/h2-9H,1H3. The fourth-order valence-corrected chi connectivity index (χ4v) is 1.17. The number of ether oxygens (including phenoxy) is 1. The zero-order valence-corrected chi connectivity index (χ0v) is 8.38. The largest absolute Gasteiger partial charge is 0.497 e. The second-order valence-electron chi connectivity index (χ2n) is 3.01. The lowest BCUT2D eigenvalue weighted by molar-refractivity contribution is 0.415. The van der Waals surface area contributed by atoms with Crippen LogP contribution in [0.4, 0.5) is 5.69 Å². The molecule has 15 heavy (non-hydrogen) atoms. The third-order valence-electron chi connectivity index (χ3n) is 1.98. The highest BCUT2D eigenvalue weighted by molar-refractivity contribution is 5.81. The van der Waals surface area contributed by atoms with E-state index in [0.29, 0.717) is 0 Å². The molecule has 3 nitrogen and oxygen atoms in total. The molecule has 76 valence electrons. The number of rotatable bonds is 3. The fraction of sp³-hybridized carbons (Fsp3) is 0.0833. The first-order valence-corrected chi connectivity index (χ1v) is 4.59. The summed E-state index contributed by atoms with van der Waals surface area (Å²) in [5.41, 5.74) is 1.84. The number of hydrogen-bond acceptors (Lipinski definition) is 3. The van der Waals surface area contributed by atoms with Gasteiger partial charge >= 0.3 is 0 Å². The van der Waals surface area contributed by atoms with Crippen LogP contribution in [0.5, 0.6) is 5.75 Å². The van der Waals surface area contributed by atoms with Crippen LogP contribution in [0.1, 0.15) is 5.56 Å². The molecular formula is C12H11NO2. The lowest BCUT2D eigenvalue weighted by Gasteiger charge is -1.98. The third-order valence-corrected chi connectivity index (χ3v) is 1.98. The number of methoxy groups -OCH3 is 1. The van der Waals surface area contributed by atoms with Crippen molar-refractivity contribution in [3.05, 3.63) is 48.4 Å². The van der Waals surface area contributed by atoms with Crippen molar-refractivity contribution >= 4 is 11.9 Å². The number of furan rings is 1. The van der Waals surface area contributed by atoms with E-state index in [1.54, 1.807) is 25.9 Å². The van der Waals surface area contributed by atoms with E-state index < -0.39 is 0 Å². The van der Waals surface area contributed by atoms with Crippen LogP contribution in [0.15, 0.2) is 52.3 Å². The van der Waals surface area contributed by atoms with Crippen molar-refractivity contribution in [1.82, 2.24) is 0 Å². The average molecular weight is 201 g/mol. The fourth-order valence-electron chi connectivity index (χ4n) is 1.17. The number of hydrogen-bond donors (Lipinski definition) is 0. The molecule has 0 atom stereocenters. The van der Waals surface area contributed by atoms with Crippen molar-refractivity contribution in [2.45, 2.75) is 0 Å². The summed E-state index contributed by atoms with van der Waals surface area (Å²) in [7, 11) is 1.64. The van der Waals surface area contributed by atoms with E-state index in [1.807, 2.05) is 30.3 Å². The molecule has 0 aliphatic heterocycles. The number of aliphatic imine (C=N–C) groups is 1. The topological polar surface area (TPSA) is 34.7 Å². The lowest BCUT2D eigenvalue weighted by Crippen LogP contribution is -1.80. The minimum atomic E-state index is 0.831. The van der Waals surface area contributed by atoms with E-state index in [0.717, 1.165) is 17.0 Å². The van der Waals surface area contributed by atoms with Gasteiger partial charge in [0.15, 0.2) is 0 Å². The minimum Gasteiger partial charge on any atom is -0.497 e. The normalized spacial score (nSPS) is 10.7. The van der Waals surface area contributed by atoms with Crippen LogP contribution < -0.4 is 4.74 Å². The molecule has 0 aliphatic rings. The summed E-state index contributed by atoms with van der Waals surface area (Å²) in [6, 6.07) is 9.40. The molecular weight excluding hydrogens is 190 g/mol. The first kappa shape index (κ1) is 9.52. The van der Waals surface area contributed by atoms with Crippen molar-refractivity contribution in [2.24, 2.45) is 4.99 Å². The van der Waals surface area contributed by atoms with Crippen LogP contribution in [-0.4, -0.2) is 13.3 Å². The highest BCUT2D eigenvalue weighted by Gasteiger charge is 1.91. The van der Waals surface area contributed by atoms with Gasteiger partial charge in [-0.3, -0.25) is 4.99 Å². The average Bonchev–Trinajstić information content (AvgIpc) is 2.80. The van der Waals surface area contributed by atoms with Gasteiger partial charge < -0.3 is 9.15 Å². The van der Waals surface area contributed by atoms with Crippen molar-refractivity contribution < 1.29 is 9.15 Å². The maximum absolute atomic E-state index is 5.05. The minimum absolute atomic E-state index is 0.831. The SMILES string of the molecule is COc1ccc(N=Cc2ccoc2)cc1. The van der Waals surface area contributed by atoms with Gasteiger partial charge in [0.2, 0.25) is 0 Å². The highest BCUT2D eigenvalue weighted by atomic mass is 16.5. The molecule has 0 unspecified atom stereocenters. The Morgan fingerprint density at radius 1 is 1.20 bits per heavy atom. The molecule has 1 aromatic carbocycles. The van der Waals surface area contributed by atoms with E-state index in [1.165, 1.54) is 0 Å². The van der Waals surface area contributed by atoms with E-state index >= 15 is 0 Å². The van der Waals surface area contributed by atoms with Crippen molar-refractivity contribution in [1.29, 1.82) is 0 Å². The Bertz CT molecular complexity index is 429. The number of benzene rings is 1. The lowest BCUT2D eigenvalue weighted by atomic mass is 10.3. The monoisotopic (exact) mass is 201 g/mol. The van der Waals surface area contributed by atoms with Gasteiger partial charge in [0.05, 0.1) is 25.3 Å². The molecule has 2 aromatic rings. The van der Waals surface area contributed by atoms with E-state index in [2.05, 4.69) is 4.99 Å². The van der Waals surface area contributed by atoms with Gasteiger partial charge in [0.1, 0.15) is 5.75 Å². The van der Waals surface area contributed by atoms with Gasteiger partial charge in [-0.05, 0) is 30.3 Å². The Morgan fingerprint density at radius 2 is 2.00 bits per heavy atom. The molecule has 0 bridgehead atoms. The van der Waals surface area contributed by atoms with Crippen LogP contribution in [0.2, 0.25) is 0 Å². The van der Waals surface area contributed by atoms with Gasteiger partial charge in [-0.1, -0.05) is 0 Å². The maximum atomic E-state index is 5.05. The van der Waals surface area contributed by atoms with Crippen molar-refractivity contribution in [3.8, 4) is 5.75 Å². The zero-order chi connectivity index (χ0) is 10.5. The van der Waals surface area contributed by atoms with Crippen molar-refractivity contribution in [2.75, 3.05) is 7.11 Å². The van der Waals surface area contributed by atoms with Crippen LogP contribution in [0.3, 0.4) is 0 Å². The van der Waals surface area contributed by atoms with Crippen LogP contribution in [-0.2, 0) is 0 Å². The Labute approximate surface area is 88.0 Å². The summed E-state index contributed by atoms with van der Waals surface area (Å²) >= 11 is 0. The Morgan fingerprint density at radius 3 is 2.60 bits per heavy atom. The molecule has 0 aliphatic carbocycles. The maximum Gasteiger partial charge on any atom is 0.119 e. The van der Waals surface area contributed by atoms with Gasteiger partial charge in [0.25, 0.3) is 0 Å². The molecule has 3 heteroatoms. The predicted molar refractivity (Wildman–Crippen MR) is 59.0 cm³/mol. The quantitative estimate of drug-likeness (QED) is 0.715. The molecule has 0 amide bonds. The molecule has 0 radical (unpaired) electrons. The van der Waals surface area contributed by atoms with Gasteiger partial charge in [-0.2, -0.15) is 0 Å². The summed E-state index contributed by atoms with van der Waals surface area (Å²) in [6.45, 7) is 0. The van der Waals surface area contributed by atoms with Crippen LogP contribution >= 0.6 is 0 Å².